The van der Waals surface area contributed by atoms with Crippen LogP contribution in [0.3, 0.4) is 0 Å². The summed E-state index contributed by atoms with van der Waals surface area (Å²) in [6, 6.07) is 15.9. The number of nitrogens with zero attached hydrogens (tertiary/aromatic N) is 8. The molecule has 0 radical (unpaired) electrons. The lowest BCUT2D eigenvalue weighted by molar-refractivity contribution is -0.657. The predicted octanol–water partition coefficient (Wildman–Crippen LogP) is 6.32. The molecule has 2 heterocycles. The van der Waals surface area contributed by atoms with E-state index in [1.807, 2.05) is 124 Å². The van der Waals surface area contributed by atoms with Gasteiger partial charge in [-0.25, -0.2) is 14.1 Å². The number of aryl methyl sites for hydroxylation is 3. The van der Waals surface area contributed by atoms with Crippen LogP contribution in [0.4, 0.5) is 34.6 Å². The van der Waals surface area contributed by atoms with Gasteiger partial charge >= 0.3 is 5.95 Å². The maximum absolute atomic E-state index is 4.33. The zero-order chi connectivity index (χ0) is 25.9. The number of aromatic nitrogens is 4. The van der Waals surface area contributed by atoms with Crippen molar-refractivity contribution in [3.05, 3.63) is 73.3 Å². The van der Waals surface area contributed by atoms with Gasteiger partial charge in [-0.05, 0) is 48.5 Å². The highest BCUT2D eigenvalue weighted by atomic mass is 33.1. The number of rotatable bonds is 13. The Hall–Kier alpha value is -3.64. The van der Waals surface area contributed by atoms with E-state index >= 15 is 0 Å². The van der Waals surface area contributed by atoms with Crippen molar-refractivity contribution in [1.29, 1.82) is 0 Å². The lowest BCUT2D eigenvalue weighted by Gasteiger charge is -2.07. The summed E-state index contributed by atoms with van der Waals surface area (Å²) < 4.78 is 5.69. The van der Waals surface area contributed by atoms with Crippen molar-refractivity contribution in [3.8, 4) is 0 Å². The topological polar surface area (TPSA) is 100 Å². The van der Waals surface area contributed by atoms with E-state index in [0.717, 1.165) is 53.3 Å². The van der Waals surface area contributed by atoms with Crippen molar-refractivity contribution in [2.24, 2.45) is 41.6 Å². The van der Waals surface area contributed by atoms with Gasteiger partial charge < -0.3 is 15.2 Å². The zero-order valence-electron chi connectivity index (χ0n) is 21.2. The lowest BCUT2D eigenvalue weighted by atomic mass is 10.3. The molecule has 0 aliphatic rings. The van der Waals surface area contributed by atoms with Crippen molar-refractivity contribution >= 4 is 56.2 Å². The average molecular weight is 536 g/mol. The Morgan fingerprint density at radius 2 is 1.32 bits per heavy atom. The van der Waals surface area contributed by atoms with Gasteiger partial charge in [-0.2, -0.15) is 0 Å². The molecule has 2 N–H and O–H groups in total. The summed E-state index contributed by atoms with van der Waals surface area (Å²) in [6.07, 6.45) is 7.45. The van der Waals surface area contributed by atoms with Crippen LogP contribution in [0.5, 0.6) is 0 Å². The second-order valence-corrected chi connectivity index (χ2v) is 10.9. The third kappa shape index (κ3) is 8.19. The van der Waals surface area contributed by atoms with Crippen molar-refractivity contribution in [3.63, 3.8) is 0 Å². The van der Waals surface area contributed by atoms with E-state index in [2.05, 4.69) is 36.1 Å². The summed E-state index contributed by atoms with van der Waals surface area (Å²) in [5.74, 6) is 3.42. The Morgan fingerprint density at radius 1 is 0.757 bits per heavy atom. The number of imidazole rings is 2. The third-order valence-electron chi connectivity index (χ3n) is 5.30. The molecule has 0 atom stereocenters. The number of azo groups is 2. The minimum absolute atomic E-state index is 0.584. The Kier molecular flexibility index (Phi) is 9.72. The molecule has 0 spiro atoms. The molecule has 0 aliphatic heterocycles. The van der Waals surface area contributed by atoms with Gasteiger partial charge in [0, 0.05) is 60.5 Å². The smallest absolute Gasteiger partial charge is 0.384 e. The van der Waals surface area contributed by atoms with Crippen LogP contribution in [0, 0.1) is 0 Å². The second-order valence-electron chi connectivity index (χ2n) is 8.15. The first kappa shape index (κ1) is 26.4. The molecule has 10 nitrogen and oxygen atoms in total. The van der Waals surface area contributed by atoms with Crippen molar-refractivity contribution < 1.29 is 4.57 Å². The molecule has 2 aromatic heterocycles. The monoisotopic (exact) mass is 535 g/mol. The molecule has 0 saturated carbocycles. The molecule has 0 saturated heterocycles. The largest absolute Gasteiger partial charge is 0.421 e. The van der Waals surface area contributed by atoms with E-state index in [0.29, 0.717) is 5.95 Å². The van der Waals surface area contributed by atoms with Crippen LogP contribution in [0.2, 0.25) is 0 Å². The molecule has 0 amide bonds. The van der Waals surface area contributed by atoms with Crippen molar-refractivity contribution in [2.45, 2.75) is 0 Å². The quantitative estimate of drug-likeness (QED) is 0.0903. The first-order valence-corrected chi connectivity index (χ1v) is 14.3. The van der Waals surface area contributed by atoms with Crippen molar-refractivity contribution in [1.82, 2.24) is 14.1 Å². The molecule has 0 aliphatic carbocycles. The van der Waals surface area contributed by atoms with Crippen LogP contribution < -0.4 is 15.2 Å². The van der Waals surface area contributed by atoms with Crippen molar-refractivity contribution in [2.75, 3.05) is 35.2 Å². The first-order valence-electron chi connectivity index (χ1n) is 11.8. The van der Waals surface area contributed by atoms with Crippen LogP contribution in [-0.4, -0.2) is 38.7 Å². The van der Waals surface area contributed by atoms with E-state index in [4.69, 9.17) is 0 Å². The van der Waals surface area contributed by atoms with E-state index in [1.54, 1.807) is 6.20 Å². The van der Waals surface area contributed by atoms with Gasteiger partial charge in [0.1, 0.15) is 5.69 Å². The molecule has 4 rings (SSSR count). The maximum atomic E-state index is 4.33. The Morgan fingerprint density at radius 3 is 1.81 bits per heavy atom. The summed E-state index contributed by atoms with van der Waals surface area (Å²) >= 11 is 0. The second kappa shape index (κ2) is 13.6. The molecule has 0 unspecified atom stereocenters. The molecule has 2 aromatic carbocycles. The fraction of sp³-hybridized carbons (Fsp3) is 0.280. The standard InChI is InChI=1S/C25H30N10S2/c1-33-15-12-28-24(33)31-29-22-8-4-20(5-9-22)26-13-18-36-37-19-14-27-21-6-10-23(11-7-21)30-32-25-34(2)16-17-35(25)3/h4-12,15-17H,13-14,18-19H2,1-3H3,(H,26,28,31)/p+1. The zero-order valence-corrected chi connectivity index (χ0v) is 22.8. The lowest BCUT2D eigenvalue weighted by Crippen LogP contribution is -2.25. The third-order valence-corrected chi connectivity index (χ3v) is 7.71. The van der Waals surface area contributed by atoms with Crippen LogP contribution in [0.1, 0.15) is 0 Å². The fourth-order valence-corrected chi connectivity index (χ4v) is 5.08. The predicted molar refractivity (Wildman–Crippen MR) is 153 cm³/mol. The molecule has 192 valence electrons. The molecular formula is C25H31N10S2+. The van der Waals surface area contributed by atoms with E-state index in [1.165, 1.54) is 0 Å². The van der Waals surface area contributed by atoms with Gasteiger partial charge in [0.25, 0.3) is 0 Å². The number of benzene rings is 2. The fourth-order valence-electron chi connectivity index (χ4n) is 3.27. The minimum atomic E-state index is 0.584. The molecule has 37 heavy (non-hydrogen) atoms. The highest BCUT2D eigenvalue weighted by Gasteiger charge is 2.10. The minimum Gasteiger partial charge on any atom is -0.384 e. The molecule has 0 fully saturated rings. The summed E-state index contributed by atoms with van der Waals surface area (Å²) in [5.41, 5.74) is 3.78. The normalized spacial score (nSPS) is 11.5. The SMILES string of the molecule is Cn1ccnc1N=Nc1ccc(NCCSSCCNc2ccc(N=Nc3n(C)cc[n+]3C)cc2)cc1. The number of hydrogen-bond acceptors (Lipinski definition) is 9. The van der Waals surface area contributed by atoms with E-state index in [-0.39, 0.29) is 0 Å². The van der Waals surface area contributed by atoms with Gasteiger partial charge in [-0.1, -0.05) is 26.7 Å². The molecule has 0 bridgehead atoms. The van der Waals surface area contributed by atoms with Gasteiger partial charge in [-0.15, -0.1) is 10.2 Å². The number of nitrogens with one attached hydrogen (secondary N) is 2. The van der Waals surface area contributed by atoms with E-state index in [9.17, 15) is 0 Å². The Balaban J connectivity index is 1.07. The van der Waals surface area contributed by atoms with Crippen LogP contribution in [0.15, 0.2) is 93.8 Å². The summed E-state index contributed by atoms with van der Waals surface area (Å²) in [5, 5.41) is 23.9. The van der Waals surface area contributed by atoms with Crippen LogP contribution in [-0.2, 0) is 21.1 Å². The average Bonchev–Trinajstić information content (AvgIpc) is 3.48. The summed E-state index contributed by atoms with van der Waals surface area (Å²) in [7, 11) is 9.53. The Labute approximate surface area is 224 Å². The number of hydrogen-bond donors (Lipinski definition) is 2. The van der Waals surface area contributed by atoms with Gasteiger partial charge in [0.15, 0.2) is 0 Å². The van der Waals surface area contributed by atoms with Gasteiger partial charge in [0.05, 0.1) is 32.2 Å². The summed E-state index contributed by atoms with van der Waals surface area (Å²) in [4.78, 5) is 4.14. The van der Waals surface area contributed by atoms with Gasteiger partial charge in [0.2, 0.25) is 5.95 Å². The Bertz CT molecular complexity index is 1290. The van der Waals surface area contributed by atoms with Gasteiger partial charge in [-0.3, -0.25) is 0 Å². The maximum Gasteiger partial charge on any atom is 0.421 e. The first-order chi connectivity index (χ1) is 18.1. The highest BCUT2D eigenvalue weighted by molar-refractivity contribution is 8.76. The van der Waals surface area contributed by atoms with E-state index < -0.39 is 0 Å². The molecule has 4 aromatic rings. The van der Waals surface area contributed by atoms with Crippen LogP contribution >= 0.6 is 21.6 Å². The number of anilines is 2. The summed E-state index contributed by atoms with van der Waals surface area (Å²) in [6.45, 7) is 1.80. The van der Waals surface area contributed by atoms with Crippen LogP contribution in [0.25, 0.3) is 0 Å². The molecule has 12 heteroatoms. The molecular weight excluding hydrogens is 504 g/mol. The highest BCUT2D eigenvalue weighted by Crippen LogP contribution is 2.23.